The van der Waals surface area contributed by atoms with Crippen LogP contribution >= 0.6 is 0 Å². The summed E-state index contributed by atoms with van der Waals surface area (Å²) in [6.07, 6.45) is 1.42. The van der Waals surface area contributed by atoms with Crippen LogP contribution in [-0.2, 0) is 9.59 Å². The predicted octanol–water partition coefficient (Wildman–Crippen LogP) is 1.22. The first kappa shape index (κ1) is 16.3. The lowest BCUT2D eigenvalue weighted by molar-refractivity contribution is -0.124. The van der Waals surface area contributed by atoms with Crippen molar-refractivity contribution in [2.45, 2.75) is 25.8 Å². The summed E-state index contributed by atoms with van der Waals surface area (Å²) >= 11 is 0. The molecule has 2 amide bonds. The molecule has 2 rings (SSSR count). The quantitative estimate of drug-likeness (QED) is 0.856. The summed E-state index contributed by atoms with van der Waals surface area (Å²) in [6, 6.07) is 7.05. The van der Waals surface area contributed by atoms with Crippen molar-refractivity contribution in [2.24, 2.45) is 11.7 Å². The number of rotatable bonds is 5. The lowest BCUT2D eigenvalue weighted by Gasteiger charge is -2.34. The van der Waals surface area contributed by atoms with Crippen LogP contribution < -0.4 is 15.8 Å². The molecule has 0 bridgehead atoms. The van der Waals surface area contributed by atoms with Crippen molar-refractivity contribution in [3.63, 3.8) is 0 Å². The molecular formula is C16H23N3O3. The Morgan fingerprint density at radius 2 is 1.95 bits per heavy atom. The molecule has 1 aromatic rings. The van der Waals surface area contributed by atoms with E-state index in [0.29, 0.717) is 37.4 Å². The number of nitrogens with one attached hydrogen (secondary N) is 1. The van der Waals surface area contributed by atoms with Gasteiger partial charge in [0.05, 0.1) is 18.8 Å². The molecule has 3 N–H and O–H groups in total. The number of nitrogens with zero attached hydrogens (tertiary/aromatic N) is 1. The summed E-state index contributed by atoms with van der Waals surface area (Å²) in [5.41, 5.74) is 5.99. The van der Waals surface area contributed by atoms with Gasteiger partial charge in [0.2, 0.25) is 11.8 Å². The Bertz CT molecular complexity index is 539. The predicted molar refractivity (Wildman–Crippen MR) is 84.6 cm³/mol. The summed E-state index contributed by atoms with van der Waals surface area (Å²) in [4.78, 5) is 25.7. The van der Waals surface area contributed by atoms with E-state index in [-0.39, 0.29) is 23.8 Å². The lowest BCUT2D eigenvalue weighted by atomic mass is 9.95. The number of benzene rings is 1. The van der Waals surface area contributed by atoms with Crippen LogP contribution in [0.15, 0.2) is 24.3 Å². The number of ether oxygens (including phenoxy) is 1. The molecule has 6 nitrogen and oxygen atoms in total. The van der Waals surface area contributed by atoms with Gasteiger partial charge in [-0.25, -0.2) is 0 Å². The number of carbonyl (C=O) groups is 2. The summed E-state index contributed by atoms with van der Waals surface area (Å²) in [7, 11) is 1.57. The normalized spacial score (nSPS) is 17.7. The lowest BCUT2D eigenvalue weighted by Crippen LogP contribution is -2.47. The van der Waals surface area contributed by atoms with Gasteiger partial charge in [0.15, 0.2) is 0 Å². The van der Waals surface area contributed by atoms with Crippen LogP contribution in [0.3, 0.4) is 0 Å². The van der Waals surface area contributed by atoms with Crippen LogP contribution in [0.25, 0.3) is 0 Å². The highest BCUT2D eigenvalue weighted by molar-refractivity contribution is 5.95. The summed E-state index contributed by atoms with van der Waals surface area (Å²) < 4.78 is 5.23. The number of nitrogens with two attached hydrogens (primary N) is 1. The first-order chi connectivity index (χ1) is 10.5. The first-order valence-electron chi connectivity index (χ1n) is 7.50. The van der Waals surface area contributed by atoms with Crippen molar-refractivity contribution < 1.29 is 14.3 Å². The van der Waals surface area contributed by atoms with Gasteiger partial charge in [-0.2, -0.15) is 0 Å². The number of hydrogen-bond donors (Lipinski definition) is 2. The highest BCUT2D eigenvalue weighted by Crippen LogP contribution is 2.24. The number of anilines is 1. The summed E-state index contributed by atoms with van der Waals surface area (Å²) in [6.45, 7) is 3.28. The van der Waals surface area contributed by atoms with Crippen molar-refractivity contribution in [2.75, 3.05) is 25.5 Å². The Hall–Kier alpha value is -2.08. The third-order valence-corrected chi connectivity index (χ3v) is 4.22. The molecule has 1 aliphatic rings. The van der Waals surface area contributed by atoms with E-state index in [9.17, 15) is 9.59 Å². The molecule has 0 aromatic heterocycles. The van der Waals surface area contributed by atoms with Gasteiger partial charge in [-0.05, 0) is 45.0 Å². The fourth-order valence-corrected chi connectivity index (χ4v) is 2.72. The van der Waals surface area contributed by atoms with E-state index in [2.05, 4.69) is 10.2 Å². The molecule has 1 aliphatic heterocycles. The van der Waals surface area contributed by atoms with E-state index >= 15 is 0 Å². The zero-order valence-corrected chi connectivity index (χ0v) is 13.0. The Morgan fingerprint density at radius 3 is 2.55 bits per heavy atom. The van der Waals surface area contributed by atoms with Crippen molar-refractivity contribution in [1.29, 1.82) is 0 Å². The minimum atomic E-state index is -0.265. The Labute approximate surface area is 130 Å². The van der Waals surface area contributed by atoms with Crippen LogP contribution in [0.1, 0.15) is 19.8 Å². The first-order valence-corrected chi connectivity index (χ1v) is 7.50. The minimum Gasteiger partial charge on any atom is -0.495 e. The molecule has 0 radical (unpaired) electrons. The van der Waals surface area contributed by atoms with Gasteiger partial charge in [0.1, 0.15) is 5.75 Å². The van der Waals surface area contributed by atoms with Crippen LogP contribution in [0.2, 0.25) is 0 Å². The molecule has 1 fully saturated rings. The fourth-order valence-electron chi connectivity index (χ4n) is 2.72. The fraction of sp³-hybridized carbons (Fsp3) is 0.500. The van der Waals surface area contributed by atoms with Gasteiger partial charge in [0, 0.05) is 5.92 Å². The van der Waals surface area contributed by atoms with Gasteiger partial charge in [-0.1, -0.05) is 12.1 Å². The molecular weight excluding hydrogens is 282 g/mol. The highest BCUT2D eigenvalue weighted by Gasteiger charge is 2.28. The molecule has 0 aliphatic carbocycles. The van der Waals surface area contributed by atoms with Gasteiger partial charge in [-0.3, -0.25) is 14.5 Å². The smallest absolute Gasteiger partial charge is 0.241 e. The summed E-state index contributed by atoms with van der Waals surface area (Å²) in [5, 5.41) is 2.90. The second kappa shape index (κ2) is 7.26. The van der Waals surface area contributed by atoms with Crippen LogP contribution in [-0.4, -0.2) is 43.0 Å². The number of piperidine rings is 1. The number of primary amides is 1. The molecule has 1 atom stereocenters. The molecule has 1 heterocycles. The SMILES string of the molecule is COc1ccccc1NC(=O)[C@H](C)N1CCC(C(N)=O)CC1. The molecule has 0 saturated carbocycles. The van der Waals surface area contributed by atoms with Crippen LogP contribution in [0, 0.1) is 5.92 Å². The average Bonchev–Trinajstić information content (AvgIpc) is 2.54. The van der Waals surface area contributed by atoms with E-state index in [0.717, 1.165) is 0 Å². The Morgan fingerprint density at radius 1 is 1.32 bits per heavy atom. The van der Waals surface area contributed by atoms with Crippen molar-refractivity contribution in [3.05, 3.63) is 24.3 Å². The summed E-state index contributed by atoms with van der Waals surface area (Å²) in [5.74, 6) is 0.240. The number of hydrogen-bond acceptors (Lipinski definition) is 4. The standard InChI is InChI=1S/C16H23N3O3/c1-11(19-9-7-12(8-10-19)15(17)20)16(21)18-13-5-3-4-6-14(13)22-2/h3-6,11-12H,7-10H2,1-2H3,(H2,17,20)(H,18,21)/t11-/m0/s1. The van der Waals surface area contributed by atoms with E-state index < -0.39 is 0 Å². The number of para-hydroxylation sites is 2. The van der Waals surface area contributed by atoms with Crippen molar-refractivity contribution in [3.8, 4) is 5.75 Å². The highest BCUT2D eigenvalue weighted by atomic mass is 16.5. The maximum absolute atomic E-state index is 12.4. The topological polar surface area (TPSA) is 84.7 Å². The van der Waals surface area contributed by atoms with Crippen LogP contribution in [0.4, 0.5) is 5.69 Å². The van der Waals surface area contributed by atoms with Gasteiger partial charge >= 0.3 is 0 Å². The molecule has 0 unspecified atom stereocenters. The van der Waals surface area contributed by atoms with Crippen LogP contribution in [0.5, 0.6) is 5.75 Å². The molecule has 1 saturated heterocycles. The van der Waals surface area contributed by atoms with Gasteiger partial charge in [0.25, 0.3) is 0 Å². The molecule has 6 heteroatoms. The maximum Gasteiger partial charge on any atom is 0.241 e. The van der Waals surface area contributed by atoms with E-state index in [4.69, 9.17) is 10.5 Å². The average molecular weight is 305 g/mol. The number of amides is 2. The second-order valence-electron chi connectivity index (χ2n) is 5.58. The largest absolute Gasteiger partial charge is 0.495 e. The van der Waals surface area contributed by atoms with E-state index in [1.54, 1.807) is 13.2 Å². The number of methoxy groups -OCH3 is 1. The number of likely N-dealkylation sites (tertiary alicyclic amines) is 1. The Balaban J connectivity index is 1.94. The minimum absolute atomic E-state index is 0.0688. The molecule has 1 aromatic carbocycles. The monoisotopic (exact) mass is 305 g/mol. The molecule has 120 valence electrons. The van der Waals surface area contributed by atoms with Crippen molar-refractivity contribution >= 4 is 17.5 Å². The van der Waals surface area contributed by atoms with Gasteiger partial charge in [-0.15, -0.1) is 0 Å². The number of carbonyl (C=O) groups excluding carboxylic acids is 2. The zero-order valence-electron chi connectivity index (χ0n) is 13.0. The third kappa shape index (κ3) is 3.76. The zero-order chi connectivity index (χ0) is 16.1. The Kier molecular flexibility index (Phi) is 5.38. The van der Waals surface area contributed by atoms with Gasteiger partial charge < -0.3 is 15.8 Å². The second-order valence-corrected chi connectivity index (χ2v) is 5.58. The molecule has 0 spiro atoms. The van der Waals surface area contributed by atoms with E-state index in [1.165, 1.54) is 0 Å². The molecule has 22 heavy (non-hydrogen) atoms. The maximum atomic E-state index is 12.4. The van der Waals surface area contributed by atoms with Crippen molar-refractivity contribution in [1.82, 2.24) is 4.90 Å². The van der Waals surface area contributed by atoms with E-state index in [1.807, 2.05) is 25.1 Å². The third-order valence-electron chi connectivity index (χ3n) is 4.22.